The standard InChI is InChI=1S/C23H15N3O6S2/c1-32-14-7-8-15-17(11-14)34-23(24-15)25-19(12-4-2-5-13(10-12)26(30)31)18(21(28)22(25)29)20(27)16-6-3-9-33-16/h2-11,19,28H,1H3/t19-/m1/s1. The third kappa shape index (κ3) is 3.51. The molecule has 1 amide bonds. The number of non-ortho nitro benzene ring substituents is 1. The molecule has 170 valence electrons. The largest absolute Gasteiger partial charge is 0.503 e. The zero-order valence-corrected chi connectivity index (χ0v) is 19.1. The number of ether oxygens (including phenoxy) is 1. The summed E-state index contributed by atoms with van der Waals surface area (Å²) in [5.41, 5.74) is 0.560. The van der Waals surface area contributed by atoms with E-state index in [1.807, 2.05) is 0 Å². The highest BCUT2D eigenvalue weighted by atomic mass is 32.1. The summed E-state index contributed by atoms with van der Waals surface area (Å²) in [7, 11) is 1.54. The number of aliphatic hydroxyl groups is 1. The van der Waals surface area contributed by atoms with Crippen LogP contribution in [0.25, 0.3) is 10.2 Å². The van der Waals surface area contributed by atoms with Crippen molar-refractivity contribution in [2.45, 2.75) is 6.04 Å². The third-order valence-corrected chi connectivity index (χ3v) is 7.27. The highest BCUT2D eigenvalue weighted by molar-refractivity contribution is 7.22. The van der Waals surface area contributed by atoms with Gasteiger partial charge in [0.1, 0.15) is 5.75 Å². The van der Waals surface area contributed by atoms with Gasteiger partial charge < -0.3 is 9.84 Å². The molecule has 0 saturated heterocycles. The average Bonchev–Trinajstić information content (AvgIpc) is 3.57. The number of nitro groups is 1. The monoisotopic (exact) mass is 493 g/mol. The number of hydrogen-bond donors (Lipinski definition) is 1. The van der Waals surface area contributed by atoms with E-state index in [0.717, 1.165) is 4.70 Å². The number of fused-ring (bicyclic) bond motifs is 1. The second kappa shape index (κ2) is 8.36. The molecule has 0 radical (unpaired) electrons. The normalized spacial score (nSPS) is 15.9. The van der Waals surface area contributed by atoms with Crippen LogP contribution in [-0.4, -0.2) is 33.8 Å². The first-order chi connectivity index (χ1) is 16.4. The lowest BCUT2D eigenvalue weighted by atomic mass is 9.95. The van der Waals surface area contributed by atoms with E-state index in [1.54, 1.807) is 41.8 Å². The highest BCUT2D eigenvalue weighted by Gasteiger charge is 2.46. The number of carbonyl (C=O) groups excluding carboxylic acids is 2. The predicted octanol–water partition coefficient (Wildman–Crippen LogP) is 5.06. The van der Waals surface area contributed by atoms with Crippen molar-refractivity contribution in [1.29, 1.82) is 0 Å². The molecular formula is C23H15N3O6S2. The highest BCUT2D eigenvalue weighted by Crippen LogP contribution is 2.45. The number of aromatic nitrogens is 1. The molecule has 11 heteroatoms. The molecule has 0 spiro atoms. The summed E-state index contributed by atoms with van der Waals surface area (Å²) in [6.07, 6.45) is 0. The lowest BCUT2D eigenvalue weighted by molar-refractivity contribution is -0.384. The van der Waals surface area contributed by atoms with E-state index in [1.165, 1.54) is 52.9 Å². The third-order valence-electron chi connectivity index (χ3n) is 5.38. The summed E-state index contributed by atoms with van der Waals surface area (Å²) in [5, 5.41) is 24.2. The molecule has 34 heavy (non-hydrogen) atoms. The Balaban J connectivity index is 1.69. The Morgan fingerprint density at radius 3 is 2.74 bits per heavy atom. The fourth-order valence-corrected chi connectivity index (χ4v) is 5.52. The molecule has 5 rings (SSSR count). The van der Waals surface area contributed by atoms with Gasteiger partial charge in [0, 0.05) is 12.1 Å². The van der Waals surface area contributed by atoms with Gasteiger partial charge in [-0.1, -0.05) is 29.5 Å². The molecule has 2 aromatic carbocycles. The predicted molar refractivity (Wildman–Crippen MR) is 128 cm³/mol. The van der Waals surface area contributed by atoms with Crippen LogP contribution in [0.4, 0.5) is 10.8 Å². The van der Waals surface area contributed by atoms with E-state index in [-0.39, 0.29) is 16.4 Å². The Hall–Kier alpha value is -4.09. The van der Waals surface area contributed by atoms with Crippen LogP contribution in [0.5, 0.6) is 5.75 Å². The molecule has 3 heterocycles. The Bertz CT molecular complexity index is 1490. The minimum Gasteiger partial charge on any atom is -0.503 e. The molecule has 0 fully saturated rings. The molecule has 1 N–H and O–H groups in total. The minimum atomic E-state index is -1.09. The number of hydrogen-bond acceptors (Lipinski definition) is 9. The number of aliphatic hydroxyl groups excluding tert-OH is 1. The number of nitro benzene ring substituents is 1. The molecular weight excluding hydrogens is 478 g/mol. The van der Waals surface area contributed by atoms with E-state index >= 15 is 0 Å². The number of anilines is 1. The SMILES string of the molecule is COc1ccc2nc(N3C(=O)C(O)=C(C(=O)c4cccs4)[C@H]3c3cccc([N+](=O)[O-])c3)sc2c1. The Kier molecular flexibility index (Phi) is 5.34. The van der Waals surface area contributed by atoms with Crippen molar-refractivity contribution >= 4 is 55.4 Å². The van der Waals surface area contributed by atoms with Gasteiger partial charge in [-0.25, -0.2) is 4.98 Å². The van der Waals surface area contributed by atoms with E-state index in [0.29, 0.717) is 21.7 Å². The van der Waals surface area contributed by atoms with Gasteiger partial charge in [0.05, 0.1) is 38.7 Å². The Morgan fingerprint density at radius 1 is 1.21 bits per heavy atom. The maximum absolute atomic E-state index is 13.3. The number of thiophene rings is 1. The molecule has 4 aromatic rings. The number of benzene rings is 2. The topological polar surface area (TPSA) is 123 Å². The minimum absolute atomic E-state index is 0.148. The number of amides is 1. The fourth-order valence-electron chi connectivity index (χ4n) is 3.82. The van der Waals surface area contributed by atoms with Crippen LogP contribution >= 0.6 is 22.7 Å². The quantitative estimate of drug-likeness (QED) is 0.226. The summed E-state index contributed by atoms with van der Waals surface area (Å²) in [6, 6.07) is 13.1. The number of rotatable bonds is 6. The van der Waals surface area contributed by atoms with Gasteiger partial charge in [-0.05, 0) is 35.2 Å². The molecule has 1 atom stereocenters. The number of nitrogens with zero attached hydrogens (tertiary/aromatic N) is 3. The maximum Gasteiger partial charge on any atom is 0.296 e. The van der Waals surface area contributed by atoms with Crippen LogP contribution in [-0.2, 0) is 4.79 Å². The van der Waals surface area contributed by atoms with Gasteiger partial charge in [0.15, 0.2) is 10.9 Å². The lowest BCUT2D eigenvalue weighted by Crippen LogP contribution is -2.31. The second-order valence-corrected chi connectivity index (χ2v) is 9.29. The van der Waals surface area contributed by atoms with Crippen molar-refractivity contribution in [3.8, 4) is 5.75 Å². The summed E-state index contributed by atoms with van der Waals surface area (Å²) >= 11 is 2.36. The van der Waals surface area contributed by atoms with Crippen LogP contribution < -0.4 is 9.64 Å². The molecule has 0 unspecified atom stereocenters. The van der Waals surface area contributed by atoms with Crippen LogP contribution in [0.2, 0.25) is 0 Å². The van der Waals surface area contributed by atoms with Crippen molar-refractivity contribution in [1.82, 2.24) is 4.98 Å². The van der Waals surface area contributed by atoms with Crippen molar-refractivity contribution < 1.29 is 24.4 Å². The summed E-state index contributed by atoms with van der Waals surface area (Å²) < 4.78 is 5.99. The molecule has 1 aliphatic rings. The molecule has 1 aliphatic heterocycles. The lowest BCUT2D eigenvalue weighted by Gasteiger charge is -2.24. The first-order valence-electron chi connectivity index (χ1n) is 9.93. The van der Waals surface area contributed by atoms with Gasteiger partial charge in [-0.2, -0.15) is 0 Å². The smallest absolute Gasteiger partial charge is 0.296 e. The number of methoxy groups -OCH3 is 1. The van der Waals surface area contributed by atoms with Crippen molar-refractivity contribution in [2.24, 2.45) is 0 Å². The first-order valence-corrected chi connectivity index (χ1v) is 11.6. The zero-order chi connectivity index (χ0) is 24.0. The van der Waals surface area contributed by atoms with E-state index in [2.05, 4.69) is 4.98 Å². The molecule has 2 aromatic heterocycles. The van der Waals surface area contributed by atoms with Crippen molar-refractivity contribution in [3.63, 3.8) is 0 Å². The first kappa shape index (κ1) is 21.7. The fraction of sp³-hybridized carbons (Fsp3) is 0.0870. The van der Waals surface area contributed by atoms with E-state index in [9.17, 15) is 24.8 Å². The number of thiazole rings is 1. The summed E-state index contributed by atoms with van der Waals surface area (Å²) in [6.45, 7) is 0. The summed E-state index contributed by atoms with van der Waals surface area (Å²) in [4.78, 5) is 43.5. The number of ketones is 1. The van der Waals surface area contributed by atoms with Gasteiger partial charge >= 0.3 is 0 Å². The van der Waals surface area contributed by atoms with Crippen LogP contribution in [0.3, 0.4) is 0 Å². The van der Waals surface area contributed by atoms with Gasteiger partial charge in [-0.3, -0.25) is 24.6 Å². The van der Waals surface area contributed by atoms with Crippen LogP contribution in [0, 0.1) is 10.1 Å². The van der Waals surface area contributed by atoms with Gasteiger partial charge in [0.25, 0.3) is 11.6 Å². The number of carbonyl (C=O) groups is 2. The van der Waals surface area contributed by atoms with Crippen molar-refractivity contribution in [2.75, 3.05) is 12.0 Å². The molecule has 0 aliphatic carbocycles. The second-order valence-electron chi connectivity index (χ2n) is 7.33. The van der Waals surface area contributed by atoms with Crippen LogP contribution in [0.1, 0.15) is 21.3 Å². The Morgan fingerprint density at radius 2 is 2.03 bits per heavy atom. The zero-order valence-electron chi connectivity index (χ0n) is 17.5. The average molecular weight is 494 g/mol. The number of Topliss-reactive ketones (excluding diaryl/α,β-unsaturated/α-hetero) is 1. The molecule has 0 bridgehead atoms. The van der Waals surface area contributed by atoms with Gasteiger partial charge in [-0.15, -0.1) is 11.3 Å². The van der Waals surface area contributed by atoms with Gasteiger partial charge in [0.2, 0.25) is 5.78 Å². The molecule has 0 saturated carbocycles. The maximum atomic E-state index is 13.3. The van der Waals surface area contributed by atoms with E-state index < -0.39 is 28.4 Å². The van der Waals surface area contributed by atoms with Crippen molar-refractivity contribution in [3.05, 3.63) is 91.9 Å². The Labute approximate surface area is 200 Å². The van der Waals surface area contributed by atoms with Crippen LogP contribution in [0.15, 0.2) is 71.3 Å². The van der Waals surface area contributed by atoms with E-state index in [4.69, 9.17) is 4.74 Å². The summed E-state index contributed by atoms with van der Waals surface area (Å²) in [5.74, 6) is -1.42. The molecule has 9 nitrogen and oxygen atoms in total.